The van der Waals surface area contributed by atoms with Crippen LogP contribution in [-0.2, 0) is 0 Å². The molecule has 1 aromatic carbocycles. The van der Waals surface area contributed by atoms with E-state index in [-0.39, 0.29) is 6.04 Å². The number of nitrogens with one attached hydrogen (secondary N) is 1. The summed E-state index contributed by atoms with van der Waals surface area (Å²) < 4.78 is 1.87. The van der Waals surface area contributed by atoms with Gasteiger partial charge in [-0.3, -0.25) is 5.84 Å². The molecule has 0 fully saturated rings. The Kier molecular flexibility index (Phi) is 4.22. The zero-order chi connectivity index (χ0) is 12.4. The van der Waals surface area contributed by atoms with E-state index in [1.165, 1.54) is 16.9 Å². The predicted octanol–water partition coefficient (Wildman–Crippen LogP) is 4.03. The Balaban J connectivity index is 2.38. The third-order valence-electron chi connectivity index (χ3n) is 2.56. The quantitative estimate of drug-likeness (QED) is 0.658. The van der Waals surface area contributed by atoms with E-state index in [4.69, 9.17) is 17.4 Å². The molecule has 0 amide bonds. The lowest BCUT2D eigenvalue weighted by molar-refractivity contribution is 0.646. The van der Waals surface area contributed by atoms with Crippen LogP contribution in [0, 0.1) is 6.92 Å². The molecule has 0 aliphatic carbocycles. The number of aryl methyl sites for hydroxylation is 1. The zero-order valence-corrected chi connectivity index (χ0v) is 12.4. The van der Waals surface area contributed by atoms with Crippen molar-refractivity contribution in [2.24, 2.45) is 5.84 Å². The molecule has 3 N–H and O–H groups in total. The maximum absolute atomic E-state index is 5.95. The Morgan fingerprint density at radius 1 is 1.35 bits per heavy atom. The average Bonchev–Trinajstić information content (AvgIpc) is 2.71. The lowest BCUT2D eigenvalue weighted by atomic mass is 10.0. The fourth-order valence-corrected chi connectivity index (χ4v) is 3.07. The van der Waals surface area contributed by atoms with Gasteiger partial charge in [-0.15, -0.1) is 11.3 Å². The van der Waals surface area contributed by atoms with Crippen molar-refractivity contribution in [3.63, 3.8) is 0 Å². The molecule has 1 heterocycles. The van der Waals surface area contributed by atoms with Gasteiger partial charge in [0.15, 0.2) is 0 Å². The highest BCUT2D eigenvalue weighted by Gasteiger charge is 2.15. The largest absolute Gasteiger partial charge is 0.271 e. The van der Waals surface area contributed by atoms with E-state index in [2.05, 4.69) is 40.4 Å². The normalized spacial score (nSPS) is 12.7. The van der Waals surface area contributed by atoms with E-state index < -0.39 is 0 Å². The van der Waals surface area contributed by atoms with E-state index in [9.17, 15) is 0 Å². The predicted molar refractivity (Wildman–Crippen MR) is 77.4 cm³/mol. The summed E-state index contributed by atoms with van der Waals surface area (Å²) >= 11 is 11.0. The van der Waals surface area contributed by atoms with Gasteiger partial charge in [0.05, 0.1) is 10.4 Å². The molecule has 5 heteroatoms. The smallest absolute Gasteiger partial charge is 0.0931 e. The van der Waals surface area contributed by atoms with E-state index >= 15 is 0 Å². The summed E-state index contributed by atoms with van der Waals surface area (Å²) in [7, 11) is 0. The highest BCUT2D eigenvalue weighted by Crippen LogP contribution is 2.31. The van der Waals surface area contributed by atoms with Gasteiger partial charge in [-0.2, -0.15) is 0 Å². The molecule has 1 atom stereocenters. The first-order valence-corrected chi connectivity index (χ1v) is 7.08. The van der Waals surface area contributed by atoms with Crippen LogP contribution in [0.3, 0.4) is 0 Å². The van der Waals surface area contributed by atoms with Crippen LogP contribution in [0.4, 0.5) is 0 Å². The molecule has 0 aliphatic rings. The Morgan fingerprint density at radius 3 is 2.65 bits per heavy atom. The second-order valence-corrected chi connectivity index (χ2v) is 6.35. The average molecular weight is 332 g/mol. The number of rotatable bonds is 3. The van der Waals surface area contributed by atoms with Crippen molar-refractivity contribution < 1.29 is 0 Å². The van der Waals surface area contributed by atoms with Crippen molar-refractivity contribution in [3.8, 4) is 0 Å². The van der Waals surface area contributed by atoms with Crippen LogP contribution in [0.2, 0.25) is 4.34 Å². The van der Waals surface area contributed by atoms with Crippen LogP contribution in [0.5, 0.6) is 0 Å². The fraction of sp³-hybridized carbons (Fsp3) is 0.167. The molecule has 17 heavy (non-hydrogen) atoms. The number of hydrazine groups is 1. The van der Waals surface area contributed by atoms with Gasteiger partial charge in [-0.25, -0.2) is 5.43 Å². The van der Waals surface area contributed by atoms with Crippen LogP contribution in [0.15, 0.2) is 34.8 Å². The van der Waals surface area contributed by atoms with Crippen molar-refractivity contribution in [3.05, 3.63) is 55.1 Å². The van der Waals surface area contributed by atoms with Gasteiger partial charge in [-0.05, 0) is 36.2 Å². The van der Waals surface area contributed by atoms with E-state index in [0.717, 1.165) is 19.2 Å². The monoisotopic (exact) mass is 330 g/mol. The molecule has 0 aliphatic heterocycles. The lowest BCUT2D eigenvalue weighted by Gasteiger charge is -2.15. The highest BCUT2D eigenvalue weighted by molar-refractivity contribution is 9.10. The number of hydrogen-bond donors (Lipinski definition) is 2. The van der Waals surface area contributed by atoms with E-state index in [1.54, 1.807) is 0 Å². The molecule has 1 aromatic heterocycles. The van der Waals surface area contributed by atoms with Crippen LogP contribution < -0.4 is 11.3 Å². The summed E-state index contributed by atoms with van der Waals surface area (Å²) in [6.45, 7) is 2.06. The second kappa shape index (κ2) is 5.50. The lowest BCUT2D eigenvalue weighted by Crippen LogP contribution is -2.28. The molecule has 2 nitrogen and oxygen atoms in total. The maximum Gasteiger partial charge on any atom is 0.0931 e. The summed E-state index contributed by atoms with van der Waals surface area (Å²) in [4.78, 5) is 1.11. The third-order valence-corrected chi connectivity index (χ3v) is 4.75. The first kappa shape index (κ1) is 13.1. The molecule has 90 valence electrons. The Morgan fingerprint density at radius 2 is 2.12 bits per heavy atom. The second-order valence-electron chi connectivity index (χ2n) is 3.75. The number of thiophene rings is 1. The van der Waals surface area contributed by atoms with Gasteiger partial charge in [0.25, 0.3) is 0 Å². The summed E-state index contributed by atoms with van der Waals surface area (Å²) in [5.74, 6) is 5.64. The van der Waals surface area contributed by atoms with Crippen LogP contribution in [-0.4, -0.2) is 0 Å². The standard InChI is InChI=1S/C12H12BrClN2S/c1-7-6-8(2-3-9(7)13)12(16-15)10-4-5-11(14)17-10/h2-6,12,16H,15H2,1H3. The first-order chi connectivity index (χ1) is 8.11. The molecule has 2 aromatic rings. The Hall–Kier alpha value is -0.390. The van der Waals surface area contributed by atoms with Gasteiger partial charge >= 0.3 is 0 Å². The minimum absolute atomic E-state index is 0.0145. The fourth-order valence-electron chi connectivity index (χ4n) is 1.67. The van der Waals surface area contributed by atoms with E-state index in [1.807, 2.05) is 18.2 Å². The van der Waals surface area contributed by atoms with Crippen molar-refractivity contribution >= 4 is 38.9 Å². The number of benzene rings is 1. The topological polar surface area (TPSA) is 38.0 Å². The van der Waals surface area contributed by atoms with Crippen LogP contribution in [0.1, 0.15) is 22.0 Å². The summed E-state index contributed by atoms with van der Waals surface area (Å²) in [6.07, 6.45) is 0. The van der Waals surface area contributed by atoms with Crippen LogP contribution >= 0.6 is 38.9 Å². The molecule has 0 saturated heterocycles. The van der Waals surface area contributed by atoms with Gasteiger partial charge < -0.3 is 0 Å². The SMILES string of the molecule is Cc1cc(C(NN)c2ccc(Cl)s2)ccc1Br. The number of nitrogens with two attached hydrogens (primary N) is 1. The van der Waals surface area contributed by atoms with Crippen molar-refractivity contribution in [1.82, 2.24) is 5.43 Å². The number of hydrogen-bond acceptors (Lipinski definition) is 3. The summed E-state index contributed by atoms with van der Waals surface area (Å²) in [5.41, 5.74) is 5.15. The Labute approximate surface area is 118 Å². The number of halogens is 2. The van der Waals surface area contributed by atoms with Crippen LogP contribution in [0.25, 0.3) is 0 Å². The summed E-state index contributed by atoms with van der Waals surface area (Å²) in [6, 6.07) is 10.1. The van der Waals surface area contributed by atoms with Crippen molar-refractivity contribution in [2.45, 2.75) is 13.0 Å². The molecular weight excluding hydrogens is 320 g/mol. The highest BCUT2D eigenvalue weighted by atomic mass is 79.9. The molecule has 1 unspecified atom stereocenters. The van der Waals surface area contributed by atoms with E-state index in [0.29, 0.717) is 0 Å². The van der Waals surface area contributed by atoms with Gasteiger partial charge in [-0.1, -0.05) is 39.7 Å². The molecule has 0 bridgehead atoms. The molecule has 0 saturated carbocycles. The molecule has 2 rings (SSSR count). The minimum atomic E-state index is -0.0145. The summed E-state index contributed by atoms with van der Waals surface area (Å²) in [5, 5.41) is 0. The zero-order valence-electron chi connectivity index (χ0n) is 9.21. The van der Waals surface area contributed by atoms with Gasteiger partial charge in [0.2, 0.25) is 0 Å². The molecule has 0 spiro atoms. The Bertz CT molecular complexity index is 527. The van der Waals surface area contributed by atoms with Gasteiger partial charge in [0.1, 0.15) is 0 Å². The first-order valence-electron chi connectivity index (χ1n) is 5.09. The van der Waals surface area contributed by atoms with Crippen molar-refractivity contribution in [2.75, 3.05) is 0 Å². The third kappa shape index (κ3) is 2.89. The van der Waals surface area contributed by atoms with Crippen molar-refractivity contribution in [1.29, 1.82) is 0 Å². The molecule has 0 radical (unpaired) electrons. The minimum Gasteiger partial charge on any atom is -0.271 e. The van der Waals surface area contributed by atoms with Gasteiger partial charge in [0, 0.05) is 9.35 Å². The molecular formula is C12H12BrClN2S. The maximum atomic E-state index is 5.95.